The fourth-order valence-corrected chi connectivity index (χ4v) is 1.26. The minimum absolute atomic E-state index is 0.238. The molecule has 0 aliphatic rings. The van der Waals surface area contributed by atoms with Crippen LogP contribution < -0.4 is 5.32 Å². The summed E-state index contributed by atoms with van der Waals surface area (Å²) in [5.74, 6) is -6.51. The van der Waals surface area contributed by atoms with Gasteiger partial charge in [0, 0.05) is 4.90 Å². The molecule has 0 atom stereocenters. The second-order valence-corrected chi connectivity index (χ2v) is 3.92. The van der Waals surface area contributed by atoms with Crippen LogP contribution in [0.2, 0.25) is 0 Å². The molecule has 100 valence electrons. The first-order chi connectivity index (χ1) is 8.24. The number of alkyl halides is 4. The van der Waals surface area contributed by atoms with Gasteiger partial charge in [0.25, 0.3) is 5.91 Å². The minimum atomic E-state index is -4.36. The van der Waals surface area contributed by atoms with Crippen molar-refractivity contribution in [1.29, 1.82) is 0 Å². The Bertz CT molecular complexity index is 452. The standard InChI is InChI=1S/C10H8F5NOS/c11-7-2-1-5(18)3-6(7)8(17)16-4-10(14,15)9(12)13/h1-3,9,18H,4H2,(H,16,17). The Balaban J connectivity index is 2.75. The predicted molar refractivity (Wildman–Crippen MR) is 56.9 cm³/mol. The molecule has 1 rings (SSSR count). The maximum atomic E-state index is 13.2. The largest absolute Gasteiger partial charge is 0.346 e. The highest BCUT2D eigenvalue weighted by molar-refractivity contribution is 7.80. The van der Waals surface area contributed by atoms with Gasteiger partial charge in [-0.15, -0.1) is 12.6 Å². The first-order valence-corrected chi connectivity index (χ1v) is 5.11. The first-order valence-electron chi connectivity index (χ1n) is 4.66. The normalized spacial score (nSPS) is 11.7. The van der Waals surface area contributed by atoms with E-state index < -0.39 is 36.2 Å². The zero-order valence-electron chi connectivity index (χ0n) is 8.76. The lowest BCUT2D eigenvalue weighted by atomic mass is 10.2. The van der Waals surface area contributed by atoms with E-state index in [-0.39, 0.29) is 4.90 Å². The van der Waals surface area contributed by atoms with Crippen molar-refractivity contribution in [3.63, 3.8) is 0 Å². The summed E-state index contributed by atoms with van der Waals surface area (Å²) >= 11 is 3.84. The van der Waals surface area contributed by atoms with Gasteiger partial charge in [0.05, 0.1) is 12.1 Å². The number of amides is 1. The number of hydrogen-bond acceptors (Lipinski definition) is 2. The average Bonchev–Trinajstić information content (AvgIpc) is 2.29. The number of carbonyl (C=O) groups is 1. The van der Waals surface area contributed by atoms with E-state index >= 15 is 0 Å². The average molecular weight is 285 g/mol. The predicted octanol–water partition coefficient (Wildman–Crippen LogP) is 2.74. The van der Waals surface area contributed by atoms with Crippen LogP contribution in [-0.4, -0.2) is 24.8 Å². The van der Waals surface area contributed by atoms with E-state index in [1.165, 1.54) is 6.07 Å². The van der Waals surface area contributed by atoms with Crippen molar-refractivity contribution in [2.45, 2.75) is 17.2 Å². The van der Waals surface area contributed by atoms with Crippen LogP contribution in [0.1, 0.15) is 10.4 Å². The molecular formula is C10H8F5NOS. The molecule has 1 aromatic carbocycles. The van der Waals surface area contributed by atoms with Crippen LogP contribution in [0.5, 0.6) is 0 Å². The van der Waals surface area contributed by atoms with E-state index in [2.05, 4.69) is 12.6 Å². The van der Waals surface area contributed by atoms with Gasteiger partial charge in [-0.25, -0.2) is 13.2 Å². The third kappa shape index (κ3) is 3.59. The molecule has 0 heterocycles. The molecule has 8 heteroatoms. The van der Waals surface area contributed by atoms with Gasteiger partial charge in [0.2, 0.25) is 0 Å². The van der Waals surface area contributed by atoms with E-state index in [0.29, 0.717) is 0 Å². The number of nitrogens with one attached hydrogen (secondary N) is 1. The highest BCUT2D eigenvalue weighted by atomic mass is 32.1. The Morgan fingerprint density at radius 2 is 2.00 bits per heavy atom. The topological polar surface area (TPSA) is 29.1 Å². The molecule has 0 bridgehead atoms. The second-order valence-electron chi connectivity index (χ2n) is 3.41. The highest BCUT2D eigenvalue weighted by Crippen LogP contribution is 2.22. The molecule has 0 saturated carbocycles. The summed E-state index contributed by atoms with van der Waals surface area (Å²) < 4.78 is 61.9. The number of rotatable bonds is 4. The molecule has 0 unspecified atom stereocenters. The number of benzene rings is 1. The lowest BCUT2D eigenvalue weighted by molar-refractivity contribution is -0.123. The SMILES string of the molecule is O=C(NCC(F)(F)C(F)F)c1cc(S)ccc1F. The second kappa shape index (κ2) is 5.55. The molecule has 1 N–H and O–H groups in total. The maximum Gasteiger partial charge on any atom is 0.324 e. The van der Waals surface area contributed by atoms with Crippen molar-refractivity contribution in [3.8, 4) is 0 Å². The molecule has 0 aliphatic heterocycles. The highest BCUT2D eigenvalue weighted by Gasteiger charge is 2.40. The first kappa shape index (κ1) is 14.7. The lowest BCUT2D eigenvalue weighted by Gasteiger charge is -2.15. The quantitative estimate of drug-likeness (QED) is 0.646. The van der Waals surface area contributed by atoms with E-state index in [0.717, 1.165) is 12.1 Å². The van der Waals surface area contributed by atoms with Crippen molar-refractivity contribution in [2.75, 3.05) is 6.54 Å². The molecule has 2 nitrogen and oxygen atoms in total. The number of thiol groups is 1. The minimum Gasteiger partial charge on any atom is -0.346 e. The van der Waals surface area contributed by atoms with Gasteiger partial charge in [-0.1, -0.05) is 0 Å². The monoisotopic (exact) mass is 285 g/mol. The van der Waals surface area contributed by atoms with Crippen molar-refractivity contribution >= 4 is 18.5 Å². The van der Waals surface area contributed by atoms with Crippen LogP contribution in [0.4, 0.5) is 22.0 Å². The summed E-state index contributed by atoms with van der Waals surface area (Å²) in [5.41, 5.74) is -0.535. The Morgan fingerprint density at radius 1 is 1.39 bits per heavy atom. The molecular weight excluding hydrogens is 277 g/mol. The van der Waals surface area contributed by atoms with Crippen molar-refractivity contribution in [2.24, 2.45) is 0 Å². The molecule has 0 aliphatic carbocycles. The summed E-state index contributed by atoms with van der Waals surface area (Å²) in [4.78, 5) is 11.6. The van der Waals surface area contributed by atoms with Crippen LogP contribution in [0.25, 0.3) is 0 Å². The summed E-state index contributed by atoms with van der Waals surface area (Å²) in [6.07, 6.45) is -3.90. The van der Waals surface area contributed by atoms with Crippen molar-refractivity contribution in [3.05, 3.63) is 29.6 Å². The van der Waals surface area contributed by atoms with Gasteiger partial charge in [0.1, 0.15) is 5.82 Å². The van der Waals surface area contributed by atoms with Crippen LogP contribution in [0.3, 0.4) is 0 Å². The summed E-state index contributed by atoms with van der Waals surface area (Å²) in [6, 6.07) is 3.18. The maximum absolute atomic E-state index is 13.2. The Hall–Kier alpha value is -1.31. The van der Waals surface area contributed by atoms with E-state index in [1.807, 2.05) is 0 Å². The fourth-order valence-electron chi connectivity index (χ4n) is 1.06. The summed E-state index contributed by atoms with van der Waals surface area (Å²) in [6.45, 7) is -1.57. The van der Waals surface area contributed by atoms with Gasteiger partial charge < -0.3 is 5.32 Å². The number of hydrogen-bond donors (Lipinski definition) is 2. The van der Waals surface area contributed by atoms with Crippen LogP contribution in [-0.2, 0) is 0 Å². The van der Waals surface area contributed by atoms with Gasteiger partial charge >= 0.3 is 12.3 Å². The van der Waals surface area contributed by atoms with Crippen LogP contribution >= 0.6 is 12.6 Å². The van der Waals surface area contributed by atoms with Crippen LogP contribution in [0.15, 0.2) is 23.1 Å². The lowest BCUT2D eigenvalue weighted by Crippen LogP contribution is -2.41. The van der Waals surface area contributed by atoms with Crippen LogP contribution in [0, 0.1) is 5.82 Å². The molecule has 18 heavy (non-hydrogen) atoms. The zero-order valence-corrected chi connectivity index (χ0v) is 9.66. The zero-order chi connectivity index (χ0) is 13.9. The molecule has 0 spiro atoms. The molecule has 1 aromatic rings. The number of carbonyl (C=O) groups excluding carboxylic acids is 1. The fraction of sp³-hybridized carbons (Fsp3) is 0.300. The summed E-state index contributed by atoms with van der Waals surface area (Å²) in [7, 11) is 0. The van der Waals surface area contributed by atoms with E-state index in [4.69, 9.17) is 0 Å². The summed E-state index contributed by atoms with van der Waals surface area (Å²) in [5, 5.41) is 1.55. The van der Waals surface area contributed by atoms with Gasteiger partial charge in [0.15, 0.2) is 0 Å². The molecule has 1 amide bonds. The third-order valence-electron chi connectivity index (χ3n) is 2.00. The molecule has 0 saturated heterocycles. The van der Waals surface area contributed by atoms with Gasteiger partial charge in [-0.2, -0.15) is 8.78 Å². The van der Waals surface area contributed by atoms with Crippen molar-refractivity contribution < 1.29 is 26.7 Å². The molecule has 0 radical (unpaired) electrons. The number of halogens is 5. The van der Waals surface area contributed by atoms with Gasteiger partial charge in [-0.05, 0) is 18.2 Å². The van der Waals surface area contributed by atoms with E-state index in [1.54, 1.807) is 5.32 Å². The Kier molecular flexibility index (Phi) is 4.55. The van der Waals surface area contributed by atoms with Gasteiger partial charge in [-0.3, -0.25) is 4.79 Å². The molecule has 0 fully saturated rings. The smallest absolute Gasteiger partial charge is 0.324 e. The third-order valence-corrected chi connectivity index (χ3v) is 2.28. The van der Waals surface area contributed by atoms with E-state index in [9.17, 15) is 26.7 Å². The Labute approximate surface area is 105 Å². The Morgan fingerprint density at radius 3 is 2.56 bits per heavy atom. The van der Waals surface area contributed by atoms with Crippen molar-refractivity contribution in [1.82, 2.24) is 5.32 Å². The molecule has 0 aromatic heterocycles.